The third-order valence-corrected chi connectivity index (χ3v) is 3.21. The van der Waals surface area contributed by atoms with Crippen molar-refractivity contribution < 1.29 is 4.74 Å². The van der Waals surface area contributed by atoms with E-state index in [-0.39, 0.29) is 6.04 Å². The Balaban J connectivity index is 2.19. The molecule has 19 heavy (non-hydrogen) atoms. The molecule has 2 heterocycles. The summed E-state index contributed by atoms with van der Waals surface area (Å²) in [6.45, 7) is 0. The van der Waals surface area contributed by atoms with Gasteiger partial charge < -0.3 is 10.1 Å². The predicted octanol–water partition coefficient (Wildman–Crippen LogP) is 2.15. The van der Waals surface area contributed by atoms with Gasteiger partial charge in [0.05, 0.1) is 18.8 Å². The summed E-state index contributed by atoms with van der Waals surface area (Å²) in [4.78, 5) is 12.5. The fourth-order valence-corrected chi connectivity index (χ4v) is 2.23. The van der Waals surface area contributed by atoms with E-state index in [4.69, 9.17) is 4.74 Å². The predicted molar refractivity (Wildman–Crippen MR) is 76.0 cm³/mol. The number of nitrogens with one attached hydrogen (secondary N) is 1. The number of aromatic nitrogens is 3. The van der Waals surface area contributed by atoms with Crippen molar-refractivity contribution in [2.24, 2.45) is 0 Å². The van der Waals surface area contributed by atoms with Crippen LogP contribution < -0.4 is 10.1 Å². The van der Waals surface area contributed by atoms with E-state index in [2.05, 4.69) is 42.3 Å². The summed E-state index contributed by atoms with van der Waals surface area (Å²) in [6, 6.07) is 3.98. The SMILES string of the molecule is CNC(Cc1cncc(Br)c1)c1cc(OC)ncn1. The Labute approximate surface area is 120 Å². The third-order valence-electron chi connectivity index (χ3n) is 2.78. The van der Waals surface area contributed by atoms with Gasteiger partial charge in [0.1, 0.15) is 6.33 Å². The summed E-state index contributed by atoms with van der Waals surface area (Å²) < 4.78 is 6.09. The summed E-state index contributed by atoms with van der Waals surface area (Å²) in [5.74, 6) is 0.567. The minimum atomic E-state index is 0.0907. The molecule has 0 saturated carbocycles. The second-order valence-electron chi connectivity index (χ2n) is 4.04. The van der Waals surface area contributed by atoms with E-state index in [0.29, 0.717) is 5.88 Å². The monoisotopic (exact) mass is 322 g/mol. The van der Waals surface area contributed by atoms with E-state index in [1.165, 1.54) is 6.33 Å². The highest BCUT2D eigenvalue weighted by Gasteiger charge is 2.13. The standard InChI is InChI=1S/C13H15BrN4O/c1-15-11(4-9-3-10(14)7-16-6-9)12-5-13(19-2)18-8-17-12/h3,5-8,11,15H,4H2,1-2H3. The van der Waals surface area contributed by atoms with Gasteiger partial charge in [0, 0.05) is 22.9 Å². The van der Waals surface area contributed by atoms with E-state index in [1.807, 2.05) is 19.3 Å². The zero-order chi connectivity index (χ0) is 13.7. The number of methoxy groups -OCH3 is 1. The summed E-state index contributed by atoms with van der Waals surface area (Å²) >= 11 is 3.42. The molecule has 0 saturated heterocycles. The Morgan fingerprint density at radius 1 is 1.32 bits per heavy atom. The number of rotatable bonds is 5. The molecule has 1 N–H and O–H groups in total. The van der Waals surface area contributed by atoms with Crippen LogP contribution >= 0.6 is 15.9 Å². The topological polar surface area (TPSA) is 59.9 Å². The molecule has 100 valence electrons. The number of ether oxygens (including phenoxy) is 1. The average Bonchev–Trinajstić information content (AvgIpc) is 2.45. The largest absolute Gasteiger partial charge is 0.481 e. The van der Waals surface area contributed by atoms with Crippen molar-refractivity contribution >= 4 is 15.9 Å². The van der Waals surface area contributed by atoms with Gasteiger partial charge in [-0.25, -0.2) is 9.97 Å². The maximum Gasteiger partial charge on any atom is 0.216 e. The minimum Gasteiger partial charge on any atom is -0.481 e. The maximum absolute atomic E-state index is 5.12. The van der Waals surface area contributed by atoms with Crippen LogP contribution in [0.25, 0.3) is 0 Å². The molecule has 0 aromatic carbocycles. The zero-order valence-corrected chi connectivity index (χ0v) is 12.4. The molecule has 6 heteroatoms. The van der Waals surface area contributed by atoms with Gasteiger partial charge >= 0.3 is 0 Å². The van der Waals surface area contributed by atoms with Gasteiger partial charge in [-0.3, -0.25) is 4.98 Å². The molecule has 0 fully saturated rings. The van der Waals surface area contributed by atoms with Crippen LogP contribution in [-0.4, -0.2) is 29.1 Å². The Morgan fingerprint density at radius 2 is 2.16 bits per heavy atom. The van der Waals surface area contributed by atoms with Gasteiger partial charge in [0.2, 0.25) is 5.88 Å². The van der Waals surface area contributed by atoms with Gasteiger partial charge in [-0.1, -0.05) is 0 Å². The molecular formula is C13H15BrN4O. The fraction of sp³-hybridized carbons (Fsp3) is 0.308. The summed E-state index contributed by atoms with van der Waals surface area (Å²) in [6.07, 6.45) is 5.93. The molecular weight excluding hydrogens is 308 g/mol. The Kier molecular flexibility index (Phi) is 4.81. The molecule has 2 rings (SSSR count). The van der Waals surface area contributed by atoms with Crippen molar-refractivity contribution in [3.63, 3.8) is 0 Å². The number of likely N-dealkylation sites (N-methyl/N-ethyl adjacent to an activating group) is 1. The van der Waals surface area contributed by atoms with Crippen molar-refractivity contribution in [3.05, 3.63) is 46.6 Å². The van der Waals surface area contributed by atoms with Crippen molar-refractivity contribution in [2.75, 3.05) is 14.2 Å². The quantitative estimate of drug-likeness (QED) is 0.914. The molecule has 0 spiro atoms. The molecule has 0 bridgehead atoms. The lowest BCUT2D eigenvalue weighted by molar-refractivity contribution is 0.394. The molecule has 0 aliphatic carbocycles. The lowest BCUT2D eigenvalue weighted by Crippen LogP contribution is -2.20. The van der Waals surface area contributed by atoms with Gasteiger partial charge in [-0.05, 0) is 41.0 Å². The van der Waals surface area contributed by atoms with Crippen molar-refractivity contribution in [1.82, 2.24) is 20.3 Å². The molecule has 0 aliphatic heterocycles. The first-order valence-corrected chi connectivity index (χ1v) is 6.65. The van der Waals surface area contributed by atoms with Crippen molar-refractivity contribution in [1.29, 1.82) is 0 Å². The summed E-state index contributed by atoms with van der Waals surface area (Å²) in [5, 5.41) is 3.25. The Bertz CT molecular complexity index is 550. The first kappa shape index (κ1) is 13.9. The van der Waals surface area contributed by atoms with Crippen molar-refractivity contribution in [2.45, 2.75) is 12.5 Å². The Morgan fingerprint density at radius 3 is 2.84 bits per heavy atom. The fourth-order valence-electron chi connectivity index (χ4n) is 1.81. The highest BCUT2D eigenvalue weighted by atomic mass is 79.9. The second-order valence-corrected chi connectivity index (χ2v) is 4.96. The van der Waals surface area contributed by atoms with Crippen LogP contribution in [-0.2, 0) is 6.42 Å². The maximum atomic E-state index is 5.12. The molecule has 5 nitrogen and oxygen atoms in total. The Hall–Kier alpha value is -1.53. The van der Waals surface area contributed by atoms with E-state index >= 15 is 0 Å². The third kappa shape index (κ3) is 3.71. The van der Waals surface area contributed by atoms with Gasteiger partial charge in [-0.2, -0.15) is 0 Å². The van der Waals surface area contributed by atoms with E-state index in [0.717, 1.165) is 22.2 Å². The van der Waals surface area contributed by atoms with Gasteiger partial charge in [0.25, 0.3) is 0 Å². The smallest absolute Gasteiger partial charge is 0.216 e. The number of hydrogen-bond donors (Lipinski definition) is 1. The highest BCUT2D eigenvalue weighted by Crippen LogP contribution is 2.20. The van der Waals surface area contributed by atoms with Gasteiger partial charge in [-0.15, -0.1) is 0 Å². The van der Waals surface area contributed by atoms with Crippen LogP contribution in [0.15, 0.2) is 35.3 Å². The van der Waals surface area contributed by atoms with Crippen LogP contribution in [0.4, 0.5) is 0 Å². The molecule has 1 unspecified atom stereocenters. The first-order valence-electron chi connectivity index (χ1n) is 5.85. The van der Waals surface area contributed by atoms with E-state index < -0.39 is 0 Å². The normalized spacial score (nSPS) is 12.2. The number of hydrogen-bond acceptors (Lipinski definition) is 5. The number of nitrogens with zero attached hydrogens (tertiary/aromatic N) is 3. The van der Waals surface area contributed by atoms with E-state index in [1.54, 1.807) is 13.3 Å². The second kappa shape index (κ2) is 6.58. The van der Waals surface area contributed by atoms with Crippen molar-refractivity contribution in [3.8, 4) is 5.88 Å². The molecule has 0 aliphatic rings. The highest BCUT2D eigenvalue weighted by molar-refractivity contribution is 9.10. The average molecular weight is 323 g/mol. The summed E-state index contributed by atoms with van der Waals surface area (Å²) in [7, 11) is 3.50. The lowest BCUT2D eigenvalue weighted by atomic mass is 10.0. The molecule has 0 amide bonds. The number of pyridine rings is 1. The zero-order valence-electron chi connectivity index (χ0n) is 10.8. The first-order chi connectivity index (χ1) is 9.22. The molecule has 2 aromatic heterocycles. The van der Waals surface area contributed by atoms with Crippen LogP contribution in [0.5, 0.6) is 5.88 Å². The van der Waals surface area contributed by atoms with Crippen LogP contribution in [0.1, 0.15) is 17.3 Å². The van der Waals surface area contributed by atoms with Gasteiger partial charge in [0.15, 0.2) is 0 Å². The molecule has 1 atom stereocenters. The summed E-state index contributed by atoms with van der Waals surface area (Å²) in [5.41, 5.74) is 2.03. The van der Waals surface area contributed by atoms with Crippen LogP contribution in [0.3, 0.4) is 0 Å². The van der Waals surface area contributed by atoms with Crippen LogP contribution in [0, 0.1) is 0 Å². The van der Waals surface area contributed by atoms with Crippen LogP contribution in [0.2, 0.25) is 0 Å². The molecule has 2 aromatic rings. The molecule has 0 radical (unpaired) electrons. The van der Waals surface area contributed by atoms with E-state index in [9.17, 15) is 0 Å². The lowest BCUT2D eigenvalue weighted by Gasteiger charge is -2.16. The minimum absolute atomic E-state index is 0.0907. The number of halogens is 1.